The van der Waals surface area contributed by atoms with Crippen LogP contribution in [-0.4, -0.2) is 21.5 Å². The van der Waals surface area contributed by atoms with Gasteiger partial charge in [-0.15, -0.1) is 0 Å². The molecule has 1 aliphatic rings. The smallest absolute Gasteiger partial charge is 0.214 e. The molecule has 1 fully saturated rings. The summed E-state index contributed by atoms with van der Waals surface area (Å²) in [5.74, 6) is 0. The van der Waals surface area contributed by atoms with Crippen molar-refractivity contribution in [1.29, 1.82) is 0 Å². The van der Waals surface area contributed by atoms with Crippen LogP contribution in [0.1, 0.15) is 25.3 Å². The number of H-pyrrole nitrogens is 1. The highest BCUT2D eigenvalue weighted by atomic mass is 32.2. The molecule has 4 rings (SSSR count). The largest absolute Gasteiger partial charge is 0.370 e. The topological polar surface area (TPSA) is 51.5 Å². The molecule has 0 unspecified atom stereocenters. The summed E-state index contributed by atoms with van der Waals surface area (Å²) in [5.41, 5.74) is 2.92. The fourth-order valence-electron chi connectivity index (χ4n) is 3.66. The Bertz CT molecular complexity index is 1040. The Balaban J connectivity index is 1.93. The number of benzene rings is 2. The van der Waals surface area contributed by atoms with Gasteiger partial charge in [0.15, 0.2) is 11.1 Å². The van der Waals surface area contributed by atoms with Crippen molar-refractivity contribution in [1.82, 2.24) is 0 Å². The van der Waals surface area contributed by atoms with E-state index in [4.69, 9.17) is 0 Å². The highest BCUT2D eigenvalue weighted by molar-refractivity contribution is 7.91. The molecule has 4 nitrogen and oxygen atoms in total. The second kappa shape index (κ2) is 6.72. The average Bonchev–Trinajstić information content (AvgIpc) is 3.21. The number of nitrogens with zero attached hydrogens (tertiary/aromatic N) is 1. The minimum atomic E-state index is -3.60. The van der Waals surface area contributed by atoms with Crippen LogP contribution in [0.3, 0.4) is 0 Å². The quantitative estimate of drug-likeness (QED) is 0.707. The van der Waals surface area contributed by atoms with E-state index >= 15 is 0 Å². The molecular weight excluding hydrogens is 344 g/mol. The van der Waals surface area contributed by atoms with Gasteiger partial charge in [0.2, 0.25) is 15.4 Å². The molecule has 1 N–H and O–H groups in total. The van der Waals surface area contributed by atoms with Crippen molar-refractivity contribution in [2.45, 2.75) is 36.0 Å². The van der Waals surface area contributed by atoms with Gasteiger partial charge in [0, 0.05) is 19.2 Å². The number of nitrogens with one attached hydrogen (secondary N) is 1. The van der Waals surface area contributed by atoms with Crippen molar-refractivity contribution in [2.24, 2.45) is 0 Å². The van der Waals surface area contributed by atoms with E-state index in [1.165, 1.54) is 0 Å². The predicted molar refractivity (Wildman–Crippen MR) is 103 cm³/mol. The number of para-hydroxylation sites is 1. The number of anilines is 1. The minimum absolute atomic E-state index is 0.346. The van der Waals surface area contributed by atoms with E-state index in [9.17, 15) is 8.42 Å². The Kier molecular flexibility index (Phi) is 4.41. The molecule has 0 aliphatic carbocycles. The van der Waals surface area contributed by atoms with E-state index in [1.54, 1.807) is 18.3 Å². The third-order valence-electron chi connectivity index (χ3n) is 5.13. The van der Waals surface area contributed by atoms with Gasteiger partial charge in [0.05, 0.1) is 16.0 Å². The summed E-state index contributed by atoms with van der Waals surface area (Å²) in [6, 6.07) is 15.1. The monoisotopic (exact) mass is 367 g/mol. The fraction of sp³-hybridized carbons (Fsp3) is 0.286. The van der Waals surface area contributed by atoms with Crippen LogP contribution in [0.2, 0.25) is 0 Å². The molecule has 5 heteroatoms. The van der Waals surface area contributed by atoms with Crippen LogP contribution in [0.25, 0.3) is 10.9 Å². The highest BCUT2D eigenvalue weighted by Gasteiger charge is 2.30. The van der Waals surface area contributed by atoms with E-state index < -0.39 is 9.84 Å². The van der Waals surface area contributed by atoms with Gasteiger partial charge in [-0.3, -0.25) is 0 Å². The summed E-state index contributed by atoms with van der Waals surface area (Å²) >= 11 is 0. The maximum Gasteiger partial charge on any atom is 0.214 e. The lowest BCUT2D eigenvalue weighted by Gasteiger charge is -2.21. The Morgan fingerprint density at radius 1 is 1.00 bits per heavy atom. The van der Waals surface area contributed by atoms with Gasteiger partial charge < -0.3 is 4.90 Å². The van der Waals surface area contributed by atoms with Crippen molar-refractivity contribution < 1.29 is 13.4 Å². The zero-order valence-corrected chi connectivity index (χ0v) is 15.7. The molecule has 134 valence electrons. The lowest BCUT2D eigenvalue weighted by Crippen LogP contribution is -2.23. The number of rotatable bonds is 4. The zero-order chi connectivity index (χ0) is 18.1. The molecular formula is C21H23N2O2S+. The number of aromatic amines is 1. The van der Waals surface area contributed by atoms with Crippen LogP contribution in [0, 0.1) is 0 Å². The zero-order valence-electron chi connectivity index (χ0n) is 14.9. The second-order valence-electron chi connectivity index (χ2n) is 6.74. The van der Waals surface area contributed by atoms with Gasteiger partial charge in [-0.05, 0) is 43.0 Å². The molecule has 1 aliphatic heterocycles. The fourth-order valence-corrected chi connectivity index (χ4v) is 5.12. The molecule has 0 saturated carbocycles. The molecule has 1 saturated heterocycles. The van der Waals surface area contributed by atoms with E-state index in [1.807, 2.05) is 36.4 Å². The predicted octanol–water partition coefficient (Wildman–Crippen LogP) is 3.65. The molecule has 2 aromatic carbocycles. The molecule has 3 aromatic rings. The summed E-state index contributed by atoms with van der Waals surface area (Å²) in [5, 5.41) is 0.959. The van der Waals surface area contributed by atoms with Crippen LogP contribution in [0.15, 0.2) is 64.5 Å². The lowest BCUT2D eigenvalue weighted by atomic mass is 10.1. The standard InChI is InChI=1S/C21H22N2O2S/c1-2-16-9-11-17(12-10-16)26(24,25)20-15-22-19-8-4-3-7-18(19)21(20)23-13-5-6-14-23/h3-4,7-12,15H,2,5-6,13-14H2,1H3/p+1. The van der Waals surface area contributed by atoms with Crippen LogP contribution in [-0.2, 0) is 16.3 Å². The molecule has 0 bridgehead atoms. The summed E-state index contributed by atoms with van der Waals surface area (Å²) in [6.07, 6.45) is 4.73. The van der Waals surface area contributed by atoms with E-state index in [0.717, 1.165) is 54.5 Å². The minimum Gasteiger partial charge on any atom is -0.370 e. The van der Waals surface area contributed by atoms with Gasteiger partial charge in [-0.2, -0.15) is 0 Å². The van der Waals surface area contributed by atoms with Crippen LogP contribution in [0.4, 0.5) is 5.69 Å². The summed E-state index contributed by atoms with van der Waals surface area (Å²) in [7, 11) is -3.60. The van der Waals surface area contributed by atoms with Crippen molar-refractivity contribution in [3.8, 4) is 0 Å². The first kappa shape index (κ1) is 17.0. The maximum atomic E-state index is 13.4. The number of hydrogen-bond acceptors (Lipinski definition) is 3. The van der Waals surface area contributed by atoms with Gasteiger partial charge >= 0.3 is 0 Å². The van der Waals surface area contributed by atoms with Gasteiger partial charge in [0.25, 0.3) is 0 Å². The summed E-state index contributed by atoms with van der Waals surface area (Å²) in [4.78, 5) is 6.10. The molecule has 26 heavy (non-hydrogen) atoms. The van der Waals surface area contributed by atoms with E-state index in [2.05, 4.69) is 16.8 Å². The molecule has 1 aromatic heterocycles. The second-order valence-corrected chi connectivity index (χ2v) is 8.66. The molecule has 0 spiro atoms. The van der Waals surface area contributed by atoms with Gasteiger partial charge in [-0.25, -0.2) is 13.4 Å². The molecule has 2 heterocycles. The average molecular weight is 367 g/mol. The lowest BCUT2D eigenvalue weighted by molar-refractivity contribution is -0.347. The van der Waals surface area contributed by atoms with Crippen LogP contribution < -0.4 is 9.88 Å². The first-order valence-corrected chi connectivity index (χ1v) is 10.6. The Morgan fingerprint density at radius 2 is 1.69 bits per heavy atom. The third-order valence-corrected chi connectivity index (χ3v) is 6.91. The first-order valence-electron chi connectivity index (χ1n) is 9.13. The van der Waals surface area contributed by atoms with Crippen molar-refractivity contribution >= 4 is 26.4 Å². The van der Waals surface area contributed by atoms with Crippen LogP contribution in [0.5, 0.6) is 0 Å². The van der Waals surface area contributed by atoms with E-state index in [-0.39, 0.29) is 0 Å². The highest BCUT2D eigenvalue weighted by Crippen LogP contribution is 2.36. The first-order chi connectivity index (χ1) is 12.6. The van der Waals surface area contributed by atoms with Crippen molar-refractivity contribution in [2.75, 3.05) is 18.0 Å². The number of sulfone groups is 1. The van der Waals surface area contributed by atoms with Gasteiger partial charge in [0.1, 0.15) is 0 Å². The van der Waals surface area contributed by atoms with Crippen LogP contribution >= 0.6 is 0 Å². The molecule has 0 amide bonds. The third kappa shape index (κ3) is 2.86. The number of fused-ring (bicyclic) bond motifs is 1. The Hall–Kier alpha value is -2.40. The Labute approximate surface area is 154 Å². The number of hydrogen-bond donors (Lipinski definition) is 0. The number of aromatic nitrogens is 1. The Morgan fingerprint density at radius 3 is 2.38 bits per heavy atom. The summed E-state index contributed by atoms with van der Waals surface area (Å²) < 4.78 is 26.8. The SMILES string of the molecule is CCc1ccc(S(=O)(=O)c2c[nH+]c3ccccc3c2N2CCCC2)cc1. The number of aryl methyl sites for hydroxylation is 1. The summed E-state index contributed by atoms with van der Waals surface area (Å²) in [6.45, 7) is 3.85. The maximum absolute atomic E-state index is 13.4. The van der Waals surface area contributed by atoms with E-state index in [0.29, 0.717) is 9.79 Å². The number of pyridine rings is 1. The van der Waals surface area contributed by atoms with Gasteiger partial charge in [-0.1, -0.05) is 31.2 Å². The van der Waals surface area contributed by atoms with Crippen molar-refractivity contribution in [3.63, 3.8) is 0 Å². The van der Waals surface area contributed by atoms with Crippen molar-refractivity contribution in [3.05, 3.63) is 60.3 Å². The molecule has 0 radical (unpaired) electrons. The normalized spacial score (nSPS) is 14.9. The molecule has 0 atom stereocenters.